The summed E-state index contributed by atoms with van der Waals surface area (Å²) >= 11 is 3.30. The lowest BCUT2D eigenvalue weighted by Gasteiger charge is -2.30. The third-order valence-electron chi connectivity index (χ3n) is 3.08. The van der Waals surface area contributed by atoms with Gasteiger partial charge in [-0.3, -0.25) is 0 Å². The van der Waals surface area contributed by atoms with E-state index in [1.807, 2.05) is 0 Å². The second kappa shape index (κ2) is 5.59. The molecule has 88 valence electrons. The molecule has 1 aromatic rings. The second-order valence-electron chi connectivity index (χ2n) is 4.20. The van der Waals surface area contributed by atoms with Crippen LogP contribution < -0.4 is 5.32 Å². The average molecular weight is 286 g/mol. The van der Waals surface area contributed by atoms with Crippen LogP contribution in [-0.2, 0) is 0 Å². The van der Waals surface area contributed by atoms with Gasteiger partial charge in [0, 0.05) is 31.0 Å². The van der Waals surface area contributed by atoms with Crippen molar-refractivity contribution in [3.8, 4) is 0 Å². The summed E-state index contributed by atoms with van der Waals surface area (Å²) in [5.41, 5.74) is 0. The Kier molecular flexibility index (Phi) is 4.12. The Hall–Kier alpha value is -0.680. The number of hydrogen-bond donors (Lipinski definition) is 2. The fourth-order valence-electron chi connectivity index (χ4n) is 2.17. The highest BCUT2D eigenvalue weighted by Gasteiger charge is 2.24. The molecule has 1 fully saturated rings. The molecule has 2 N–H and O–H groups in total. The molecular formula is C11H16BrN3O. The minimum Gasteiger partial charge on any atom is -0.396 e. The van der Waals surface area contributed by atoms with Crippen LogP contribution in [0.2, 0.25) is 0 Å². The molecule has 2 rings (SSSR count). The van der Waals surface area contributed by atoms with Crippen LogP contribution in [0.3, 0.4) is 0 Å². The van der Waals surface area contributed by atoms with Crippen molar-refractivity contribution in [2.45, 2.75) is 31.7 Å². The van der Waals surface area contributed by atoms with Crippen LogP contribution in [-0.4, -0.2) is 27.7 Å². The van der Waals surface area contributed by atoms with Crippen LogP contribution in [0.4, 0.5) is 5.95 Å². The van der Waals surface area contributed by atoms with Crippen LogP contribution in [0.15, 0.2) is 16.9 Å². The Morgan fingerprint density at radius 1 is 1.31 bits per heavy atom. The van der Waals surface area contributed by atoms with E-state index in [0.29, 0.717) is 17.9 Å². The zero-order valence-electron chi connectivity index (χ0n) is 9.06. The largest absolute Gasteiger partial charge is 0.396 e. The number of nitrogens with zero attached hydrogens (tertiary/aromatic N) is 2. The molecule has 4 nitrogen and oxygen atoms in total. The Balaban J connectivity index is 1.99. The van der Waals surface area contributed by atoms with Gasteiger partial charge in [-0.15, -0.1) is 0 Å². The molecule has 0 bridgehead atoms. The van der Waals surface area contributed by atoms with Crippen LogP contribution >= 0.6 is 15.9 Å². The highest BCUT2D eigenvalue weighted by molar-refractivity contribution is 9.10. The number of aromatic nitrogens is 2. The summed E-state index contributed by atoms with van der Waals surface area (Å²) in [6.45, 7) is 0.244. The van der Waals surface area contributed by atoms with Gasteiger partial charge in [0.25, 0.3) is 0 Å². The maximum Gasteiger partial charge on any atom is 0.222 e. The van der Waals surface area contributed by atoms with E-state index in [1.165, 1.54) is 12.8 Å². The summed E-state index contributed by atoms with van der Waals surface area (Å²) < 4.78 is 0.875. The monoisotopic (exact) mass is 285 g/mol. The van der Waals surface area contributed by atoms with Crippen molar-refractivity contribution in [1.29, 1.82) is 0 Å². The molecule has 0 amide bonds. The van der Waals surface area contributed by atoms with Gasteiger partial charge >= 0.3 is 0 Å². The number of anilines is 1. The van der Waals surface area contributed by atoms with E-state index in [0.717, 1.165) is 17.3 Å². The number of aliphatic hydroxyl groups excluding tert-OH is 1. The SMILES string of the molecule is OC[C@@H]1CCCC[C@H]1Nc1ncc(Br)cn1. The Bertz CT molecular complexity index is 331. The highest BCUT2D eigenvalue weighted by atomic mass is 79.9. The maximum absolute atomic E-state index is 9.30. The molecule has 2 atom stereocenters. The molecule has 0 saturated heterocycles. The molecule has 0 unspecified atom stereocenters. The zero-order valence-corrected chi connectivity index (χ0v) is 10.7. The standard InChI is InChI=1S/C11H16BrN3O/c12-9-5-13-11(14-6-9)15-10-4-2-1-3-8(10)7-16/h5-6,8,10,16H,1-4,7H2,(H,13,14,15)/t8-,10+/m0/s1. The van der Waals surface area contributed by atoms with Crippen molar-refractivity contribution in [3.05, 3.63) is 16.9 Å². The summed E-state index contributed by atoms with van der Waals surface area (Å²) in [6, 6.07) is 0.305. The topological polar surface area (TPSA) is 58.0 Å². The predicted molar refractivity (Wildman–Crippen MR) is 66.2 cm³/mol. The van der Waals surface area contributed by atoms with E-state index in [1.54, 1.807) is 12.4 Å². The molecular weight excluding hydrogens is 270 g/mol. The van der Waals surface area contributed by atoms with Gasteiger partial charge in [-0.2, -0.15) is 0 Å². The number of aliphatic hydroxyl groups is 1. The molecule has 0 aromatic carbocycles. The first-order chi connectivity index (χ1) is 7.79. The third kappa shape index (κ3) is 2.92. The summed E-state index contributed by atoms with van der Waals surface area (Å²) in [5.74, 6) is 0.981. The Labute approximate surface area is 104 Å². The van der Waals surface area contributed by atoms with E-state index < -0.39 is 0 Å². The van der Waals surface area contributed by atoms with Gasteiger partial charge in [-0.1, -0.05) is 12.8 Å². The first-order valence-corrected chi connectivity index (χ1v) is 6.44. The quantitative estimate of drug-likeness (QED) is 0.894. The van der Waals surface area contributed by atoms with Crippen molar-refractivity contribution in [3.63, 3.8) is 0 Å². The van der Waals surface area contributed by atoms with E-state index >= 15 is 0 Å². The molecule has 1 aliphatic rings. The molecule has 16 heavy (non-hydrogen) atoms. The van der Waals surface area contributed by atoms with Gasteiger partial charge in [0.2, 0.25) is 5.95 Å². The third-order valence-corrected chi connectivity index (χ3v) is 3.49. The first kappa shape index (κ1) is 11.8. The highest BCUT2D eigenvalue weighted by Crippen LogP contribution is 2.26. The summed E-state index contributed by atoms with van der Waals surface area (Å²) in [5, 5.41) is 12.6. The summed E-state index contributed by atoms with van der Waals surface area (Å²) in [7, 11) is 0. The molecule has 0 aliphatic heterocycles. The second-order valence-corrected chi connectivity index (χ2v) is 5.12. The van der Waals surface area contributed by atoms with Crippen molar-refractivity contribution in [2.75, 3.05) is 11.9 Å². The summed E-state index contributed by atoms with van der Waals surface area (Å²) in [4.78, 5) is 8.38. The van der Waals surface area contributed by atoms with Crippen molar-refractivity contribution >= 4 is 21.9 Å². The van der Waals surface area contributed by atoms with Gasteiger partial charge in [-0.25, -0.2) is 9.97 Å². The molecule has 1 aliphatic carbocycles. The van der Waals surface area contributed by atoms with Crippen molar-refractivity contribution in [2.24, 2.45) is 5.92 Å². The molecule has 1 aromatic heterocycles. The fraction of sp³-hybridized carbons (Fsp3) is 0.636. The van der Waals surface area contributed by atoms with E-state index in [2.05, 4.69) is 31.2 Å². The number of nitrogens with one attached hydrogen (secondary N) is 1. The lowest BCUT2D eigenvalue weighted by Crippen LogP contribution is -2.34. The normalized spacial score (nSPS) is 25.4. The molecule has 1 heterocycles. The van der Waals surface area contributed by atoms with E-state index in [9.17, 15) is 5.11 Å². The fourth-order valence-corrected chi connectivity index (χ4v) is 2.37. The maximum atomic E-state index is 9.30. The van der Waals surface area contributed by atoms with E-state index in [-0.39, 0.29) is 6.61 Å². The van der Waals surface area contributed by atoms with Crippen LogP contribution in [0.25, 0.3) is 0 Å². The zero-order chi connectivity index (χ0) is 11.4. The average Bonchev–Trinajstić information content (AvgIpc) is 2.33. The first-order valence-electron chi connectivity index (χ1n) is 5.64. The number of halogens is 1. The minimum absolute atomic E-state index is 0.244. The molecule has 0 spiro atoms. The van der Waals surface area contributed by atoms with Gasteiger partial charge in [0.05, 0.1) is 4.47 Å². The summed E-state index contributed by atoms with van der Waals surface area (Å²) in [6.07, 6.45) is 8.06. The van der Waals surface area contributed by atoms with Gasteiger partial charge < -0.3 is 10.4 Å². The Morgan fingerprint density at radius 2 is 2.00 bits per heavy atom. The molecule has 1 saturated carbocycles. The number of rotatable bonds is 3. The number of hydrogen-bond acceptors (Lipinski definition) is 4. The smallest absolute Gasteiger partial charge is 0.222 e. The minimum atomic E-state index is 0.244. The lowest BCUT2D eigenvalue weighted by molar-refractivity contribution is 0.178. The molecule has 0 radical (unpaired) electrons. The van der Waals surface area contributed by atoms with Crippen LogP contribution in [0.5, 0.6) is 0 Å². The molecule has 5 heteroatoms. The van der Waals surface area contributed by atoms with Gasteiger partial charge in [0.15, 0.2) is 0 Å². The van der Waals surface area contributed by atoms with E-state index in [4.69, 9.17) is 0 Å². The lowest BCUT2D eigenvalue weighted by atomic mass is 9.85. The Morgan fingerprint density at radius 3 is 2.69 bits per heavy atom. The van der Waals surface area contributed by atoms with Crippen molar-refractivity contribution < 1.29 is 5.11 Å². The van der Waals surface area contributed by atoms with Crippen LogP contribution in [0.1, 0.15) is 25.7 Å². The van der Waals surface area contributed by atoms with Gasteiger partial charge in [0.1, 0.15) is 0 Å². The predicted octanol–water partition coefficient (Wildman–Crippen LogP) is 2.20. The van der Waals surface area contributed by atoms with Gasteiger partial charge in [-0.05, 0) is 28.8 Å². The van der Waals surface area contributed by atoms with Crippen molar-refractivity contribution in [1.82, 2.24) is 9.97 Å². The van der Waals surface area contributed by atoms with Crippen LogP contribution in [0, 0.1) is 5.92 Å².